The molecule has 2 spiro atoms. The van der Waals surface area contributed by atoms with Crippen molar-refractivity contribution in [3.63, 3.8) is 0 Å². The molecule has 0 aromatic heterocycles. The summed E-state index contributed by atoms with van der Waals surface area (Å²) in [5, 5.41) is 12.1. The molecule has 2 saturated heterocycles. The van der Waals surface area contributed by atoms with Crippen molar-refractivity contribution >= 4 is 35.3 Å². The number of ketones is 1. The predicted molar refractivity (Wildman–Crippen MR) is 210 cm³/mol. The molecule has 55 heavy (non-hydrogen) atoms. The van der Waals surface area contributed by atoms with Crippen LogP contribution in [-0.2, 0) is 28.8 Å². The number of Topliss-reactive ketones (excluding diaryl/α,β-unsaturated/α-hetero) is 1. The summed E-state index contributed by atoms with van der Waals surface area (Å²) in [5.41, 5.74) is -1.02. The van der Waals surface area contributed by atoms with E-state index in [1.807, 2.05) is 27.7 Å². The van der Waals surface area contributed by atoms with Gasteiger partial charge in [0.05, 0.1) is 12.0 Å². The topological polar surface area (TPSA) is 157 Å². The van der Waals surface area contributed by atoms with E-state index in [0.29, 0.717) is 32.4 Å². The average Bonchev–Trinajstić information content (AvgIpc) is 3.96. The third-order valence-electron chi connectivity index (χ3n) is 15.2. The number of amides is 5. The van der Waals surface area contributed by atoms with E-state index >= 15 is 4.79 Å². The van der Waals surface area contributed by atoms with Gasteiger partial charge in [0.1, 0.15) is 18.1 Å². The Morgan fingerprint density at radius 1 is 0.800 bits per heavy atom. The van der Waals surface area contributed by atoms with Crippen LogP contribution in [0.2, 0.25) is 0 Å². The molecule has 4 N–H and O–H groups in total. The van der Waals surface area contributed by atoms with E-state index in [9.17, 15) is 24.0 Å². The molecule has 0 bridgehead atoms. The summed E-state index contributed by atoms with van der Waals surface area (Å²) in [6.07, 6.45) is 12.8. The number of hydrogen-bond acceptors (Lipinski definition) is 7. The Hall–Kier alpha value is -3.02. The minimum absolute atomic E-state index is 0.0160. The summed E-state index contributed by atoms with van der Waals surface area (Å²) in [7, 11) is 0. The predicted octanol–water partition coefficient (Wildman–Crippen LogP) is 4.24. The molecule has 6 aliphatic rings. The highest BCUT2D eigenvalue weighted by Gasteiger charge is 2.85. The molecular formula is C43H70N6O6. The van der Waals surface area contributed by atoms with Crippen LogP contribution < -0.4 is 21.3 Å². The molecule has 6 fully saturated rings. The zero-order valence-corrected chi connectivity index (χ0v) is 34.8. The van der Waals surface area contributed by atoms with Crippen molar-refractivity contribution in [2.75, 3.05) is 26.2 Å². The van der Waals surface area contributed by atoms with Gasteiger partial charge in [0.15, 0.2) is 0 Å². The van der Waals surface area contributed by atoms with Crippen molar-refractivity contribution in [2.45, 2.75) is 175 Å². The highest BCUT2D eigenvalue weighted by molar-refractivity contribution is 6.38. The standard InChI is InChI=1S/C43H70N6O6/c1-8-15-30(33(50)38(54)44-29-19-20-29)45-36(52)31-24-43(41(6,7)42(43)21-14-22-42)26-49(31)39(55)34(40(3,4)5)47-37(53)32(27-16-11-10-12-17-27)46-35(51)28-18-13-23-48(9-2)25-28/h27-32,34H,8-26H2,1-7H3,(H,44,54)(H,45,52)(H,46,51)(H,47,53)/t28-,30+,31+,32?,34-,43-/m1/s1. The Kier molecular flexibility index (Phi) is 12.2. The summed E-state index contributed by atoms with van der Waals surface area (Å²) in [4.78, 5) is 88.0. The van der Waals surface area contributed by atoms with Crippen molar-refractivity contribution < 1.29 is 28.8 Å². The molecule has 4 aliphatic carbocycles. The molecule has 6 rings (SSSR count). The van der Waals surface area contributed by atoms with E-state index in [0.717, 1.165) is 90.1 Å². The van der Waals surface area contributed by atoms with Crippen molar-refractivity contribution in [1.82, 2.24) is 31.1 Å². The summed E-state index contributed by atoms with van der Waals surface area (Å²) in [6.45, 7) is 17.2. The number of hydrogen-bond donors (Lipinski definition) is 4. The van der Waals surface area contributed by atoms with Crippen molar-refractivity contribution in [3.05, 3.63) is 0 Å². The van der Waals surface area contributed by atoms with Gasteiger partial charge in [-0.1, -0.05) is 80.6 Å². The van der Waals surface area contributed by atoms with Crippen LogP contribution in [-0.4, -0.2) is 102 Å². The lowest BCUT2D eigenvalue weighted by atomic mass is 9.73. The molecule has 4 saturated carbocycles. The molecule has 308 valence electrons. The molecule has 2 heterocycles. The quantitative estimate of drug-likeness (QED) is 0.193. The molecular weight excluding hydrogens is 697 g/mol. The van der Waals surface area contributed by atoms with E-state index < -0.39 is 47.2 Å². The van der Waals surface area contributed by atoms with Crippen LogP contribution in [0.3, 0.4) is 0 Å². The third-order valence-corrected chi connectivity index (χ3v) is 15.2. The SMILES string of the molecule is CCC[C@H](NC(=O)[C@@H]1C[C@@]2(CN1C(=O)[C@@H](NC(=O)C(NC(=O)[C@@H]1CCCN(CC)C1)C1CCCCC1)C(C)(C)C)C(C)(C)C21CCC1)C(=O)C(=O)NC1CC1. The fraction of sp³-hybridized carbons (Fsp3) is 0.860. The van der Waals surface area contributed by atoms with Gasteiger partial charge < -0.3 is 31.1 Å². The van der Waals surface area contributed by atoms with Crippen molar-refractivity contribution in [3.8, 4) is 0 Å². The Morgan fingerprint density at radius 2 is 1.49 bits per heavy atom. The summed E-state index contributed by atoms with van der Waals surface area (Å²) in [5.74, 6) is -2.71. The van der Waals surface area contributed by atoms with Crippen molar-refractivity contribution in [2.24, 2.45) is 33.5 Å². The van der Waals surface area contributed by atoms with Gasteiger partial charge in [-0.05, 0) is 99.5 Å². The lowest BCUT2D eigenvalue weighted by molar-refractivity contribution is -0.145. The number of carbonyl (C=O) groups is 6. The van der Waals surface area contributed by atoms with Gasteiger partial charge in [0, 0.05) is 24.5 Å². The van der Waals surface area contributed by atoms with E-state index in [1.165, 1.54) is 0 Å². The van der Waals surface area contributed by atoms with E-state index in [4.69, 9.17) is 0 Å². The maximum absolute atomic E-state index is 15.1. The molecule has 6 atom stereocenters. The highest BCUT2D eigenvalue weighted by Crippen LogP contribution is 2.88. The smallest absolute Gasteiger partial charge is 0.289 e. The van der Waals surface area contributed by atoms with Gasteiger partial charge in [-0.15, -0.1) is 0 Å². The lowest BCUT2D eigenvalue weighted by Crippen LogP contribution is -2.62. The zero-order valence-electron chi connectivity index (χ0n) is 34.8. The van der Waals surface area contributed by atoms with Crippen LogP contribution in [0.5, 0.6) is 0 Å². The normalized spacial score (nSPS) is 29.1. The molecule has 12 heteroatoms. The Labute approximate surface area is 329 Å². The van der Waals surface area contributed by atoms with Gasteiger partial charge in [0.25, 0.3) is 5.91 Å². The number of piperidine rings is 1. The Morgan fingerprint density at radius 3 is 2.05 bits per heavy atom. The fourth-order valence-corrected chi connectivity index (χ4v) is 11.3. The number of rotatable bonds is 14. The minimum Gasteiger partial charge on any atom is -0.347 e. The molecule has 0 aromatic carbocycles. The van der Waals surface area contributed by atoms with Crippen molar-refractivity contribution in [1.29, 1.82) is 0 Å². The summed E-state index contributed by atoms with van der Waals surface area (Å²) in [6, 6.07) is -3.54. The highest BCUT2D eigenvalue weighted by atomic mass is 16.2. The second-order valence-electron chi connectivity index (χ2n) is 19.7. The summed E-state index contributed by atoms with van der Waals surface area (Å²) >= 11 is 0. The number of carbonyl (C=O) groups excluding carboxylic acids is 6. The second-order valence-corrected chi connectivity index (χ2v) is 19.7. The van der Waals surface area contributed by atoms with E-state index in [1.54, 1.807) is 4.90 Å². The second kappa shape index (κ2) is 16.1. The number of nitrogens with one attached hydrogen (secondary N) is 4. The molecule has 0 radical (unpaired) electrons. The lowest BCUT2D eigenvalue weighted by Gasteiger charge is -2.38. The molecule has 1 unspecified atom stereocenters. The molecule has 0 aromatic rings. The van der Waals surface area contributed by atoms with E-state index in [2.05, 4.69) is 46.9 Å². The fourth-order valence-electron chi connectivity index (χ4n) is 11.3. The van der Waals surface area contributed by atoms with Gasteiger partial charge in [0.2, 0.25) is 29.4 Å². The molecule has 2 aliphatic heterocycles. The molecule has 5 amide bonds. The number of likely N-dealkylation sites (tertiary alicyclic amines) is 2. The van der Waals surface area contributed by atoms with Gasteiger partial charge >= 0.3 is 0 Å². The Balaban J connectivity index is 1.25. The van der Waals surface area contributed by atoms with Crippen LogP contribution in [0, 0.1) is 33.5 Å². The minimum atomic E-state index is -0.985. The van der Waals surface area contributed by atoms with E-state index in [-0.39, 0.29) is 51.8 Å². The van der Waals surface area contributed by atoms with Crippen LogP contribution in [0.1, 0.15) is 145 Å². The first-order valence-electron chi connectivity index (χ1n) is 21.8. The first-order valence-corrected chi connectivity index (χ1v) is 21.8. The van der Waals surface area contributed by atoms with Crippen LogP contribution in [0.15, 0.2) is 0 Å². The third kappa shape index (κ3) is 7.96. The molecule has 12 nitrogen and oxygen atoms in total. The van der Waals surface area contributed by atoms with Gasteiger partial charge in [-0.2, -0.15) is 0 Å². The van der Waals surface area contributed by atoms with Gasteiger partial charge in [-0.25, -0.2) is 0 Å². The first-order chi connectivity index (χ1) is 26.0. The number of fused-ring (bicyclic) bond motifs is 1. The van der Waals surface area contributed by atoms with Gasteiger partial charge in [-0.3, -0.25) is 28.8 Å². The maximum Gasteiger partial charge on any atom is 0.289 e. The summed E-state index contributed by atoms with van der Waals surface area (Å²) < 4.78 is 0. The zero-order chi connectivity index (χ0) is 39.9. The number of nitrogens with zero attached hydrogens (tertiary/aromatic N) is 2. The maximum atomic E-state index is 15.1. The average molecular weight is 767 g/mol. The largest absolute Gasteiger partial charge is 0.347 e. The van der Waals surface area contributed by atoms with Crippen LogP contribution in [0.25, 0.3) is 0 Å². The first kappa shape index (κ1) is 41.6. The monoisotopic (exact) mass is 767 g/mol. The van der Waals surface area contributed by atoms with Crippen LogP contribution in [0.4, 0.5) is 0 Å². The van der Waals surface area contributed by atoms with Crippen LogP contribution >= 0.6 is 0 Å². The Bertz CT molecular complexity index is 1490.